The van der Waals surface area contributed by atoms with Crippen LogP contribution in [0.2, 0.25) is 0 Å². The Kier molecular flexibility index (Phi) is 39.1. The maximum Gasteiger partial charge on any atom is 0.193 e. The van der Waals surface area contributed by atoms with Gasteiger partial charge in [0.2, 0.25) is 0 Å². The third-order valence-corrected chi connectivity index (χ3v) is 14.1. The van der Waals surface area contributed by atoms with Crippen LogP contribution in [0.3, 0.4) is 0 Å². The van der Waals surface area contributed by atoms with Gasteiger partial charge in [0.1, 0.15) is 0 Å². The average molecular weight is 886 g/mol. The second-order valence-electron chi connectivity index (χ2n) is 20.1. The van der Waals surface area contributed by atoms with Crippen LogP contribution in [-0.2, 0) is 0 Å². The zero-order chi connectivity index (χ0) is 45.8. The number of nitrogens with zero attached hydrogens (tertiary/aromatic N) is 2. The van der Waals surface area contributed by atoms with Gasteiger partial charge in [-0.1, -0.05) is 259 Å². The molecule has 0 atom stereocenters. The lowest BCUT2D eigenvalue weighted by atomic mass is 10.0. The van der Waals surface area contributed by atoms with Gasteiger partial charge in [-0.2, -0.15) is 0 Å². The highest BCUT2D eigenvalue weighted by Gasteiger charge is 2.14. The fraction of sp³-hybridized carbons (Fsp3) is 0.787. The Hall–Kier alpha value is -2.29. The normalized spacial score (nSPS) is 11.4. The molecule has 0 amide bonds. The smallest absolute Gasteiger partial charge is 0.193 e. The molecule has 0 aliphatic rings. The quantitative estimate of drug-likeness (QED) is 0.0489. The number of rotatable bonds is 48. The van der Waals surface area contributed by atoms with Gasteiger partial charge >= 0.3 is 0 Å². The van der Waals surface area contributed by atoms with Crippen molar-refractivity contribution in [3.05, 3.63) is 59.7 Å². The van der Waals surface area contributed by atoms with Crippen LogP contribution in [-0.4, -0.2) is 32.0 Å². The second-order valence-corrected chi connectivity index (χ2v) is 20.1. The van der Waals surface area contributed by atoms with E-state index in [4.69, 9.17) is 0 Å². The lowest BCUT2D eigenvalue weighted by molar-refractivity contribution is 0.103. The average Bonchev–Trinajstić information content (AvgIpc) is 3.32. The largest absolute Gasteiger partial charge is 0.372 e. The summed E-state index contributed by atoms with van der Waals surface area (Å²) in [6.07, 6.45) is 55.0. The van der Waals surface area contributed by atoms with E-state index in [9.17, 15) is 4.79 Å². The number of anilines is 2. The van der Waals surface area contributed by atoms with E-state index in [1.165, 1.54) is 268 Å². The summed E-state index contributed by atoms with van der Waals surface area (Å²) in [6.45, 7) is 13.7. The van der Waals surface area contributed by atoms with Gasteiger partial charge < -0.3 is 9.80 Å². The first kappa shape index (κ1) is 57.8. The first-order chi connectivity index (χ1) is 31.6. The summed E-state index contributed by atoms with van der Waals surface area (Å²) in [5.74, 6) is 0.141. The van der Waals surface area contributed by atoms with Crippen LogP contribution in [0.4, 0.5) is 11.4 Å². The van der Waals surface area contributed by atoms with Crippen molar-refractivity contribution >= 4 is 17.2 Å². The molecule has 0 bridgehead atoms. The monoisotopic (exact) mass is 885 g/mol. The summed E-state index contributed by atoms with van der Waals surface area (Å²) in [5.41, 5.74) is 4.17. The Labute approximate surface area is 400 Å². The maximum absolute atomic E-state index is 13.8. The van der Waals surface area contributed by atoms with E-state index < -0.39 is 0 Å². The number of ketones is 1. The SMILES string of the molecule is CCCCCCCCCCCCCCCCN(CCCCCCCC)c1ccc(C(=O)c2ccc(N(CCCCCCCC)CCCCCCCCCCCCCCCC)cc2)cc1. The van der Waals surface area contributed by atoms with Gasteiger partial charge in [0.25, 0.3) is 0 Å². The van der Waals surface area contributed by atoms with E-state index in [1.54, 1.807) is 0 Å². The standard InChI is InChI=1S/C61H108N2O/c1-5-9-13-17-21-23-25-27-29-31-33-35-39-43-55-62(53-41-37-19-15-11-7-3)59-49-45-57(46-50-59)61(64)58-47-51-60(52-48-58)63(54-42-38-20-16-12-8-4)56-44-40-36-34-32-30-28-26-24-22-18-14-10-6-2/h45-52H,5-44,53-56H2,1-4H3. The zero-order valence-corrected chi connectivity index (χ0v) is 43.5. The molecule has 0 saturated carbocycles. The lowest BCUT2D eigenvalue weighted by Gasteiger charge is -2.26. The number of hydrogen-bond donors (Lipinski definition) is 0. The van der Waals surface area contributed by atoms with Crippen LogP contribution in [0, 0.1) is 0 Å². The maximum atomic E-state index is 13.8. The molecule has 0 saturated heterocycles. The van der Waals surface area contributed by atoms with Crippen LogP contribution in [0.1, 0.15) is 300 Å². The third kappa shape index (κ3) is 30.8. The minimum absolute atomic E-state index is 0.141. The second kappa shape index (κ2) is 43.3. The predicted octanol–water partition coefficient (Wildman–Crippen LogP) is 20.2. The molecule has 0 radical (unpaired) electrons. The van der Waals surface area contributed by atoms with Crippen molar-refractivity contribution in [1.82, 2.24) is 0 Å². The molecule has 0 spiro atoms. The highest BCUT2D eigenvalue weighted by molar-refractivity contribution is 6.09. The minimum atomic E-state index is 0.141. The highest BCUT2D eigenvalue weighted by atomic mass is 16.1. The topological polar surface area (TPSA) is 23.6 Å². The van der Waals surface area contributed by atoms with Crippen molar-refractivity contribution < 1.29 is 4.79 Å². The highest BCUT2D eigenvalue weighted by Crippen LogP contribution is 2.24. The van der Waals surface area contributed by atoms with E-state index in [0.717, 1.165) is 37.3 Å². The molecule has 2 rings (SSSR count). The number of carbonyl (C=O) groups excluding carboxylic acids is 1. The van der Waals surface area contributed by atoms with Crippen LogP contribution in [0.15, 0.2) is 48.5 Å². The summed E-state index contributed by atoms with van der Waals surface area (Å²) >= 11 is 0. The van der Waals surface area contributed by atoms with Gasteiger partial charge in [-0.05, 0) is 74.2 Å². The van der Waals surface area contributed by atoms with E-state index in [0.29, 0.717) is 0 Å². The van der Waals surface area contributed by atoms with Crippen LogP contribution >= 0.6 is 0 Å². The minimum Gasteiger partial charge on any atom is -0.372 e. The molecule has 2 aromatic rings. The summed E-state index contributed by atoms with van der Waals surface area (Å²) in [5, 5.41) is 0. The molecule has 3 heteroatoms. The summed E-state index contributed by atoms with van der Waals surface area (Å²) < 4.78 is 0. The lowest BCUT2D eigenvalue weighted by Crippen LogP contribution is -2.26. The molecular formula is C61H108N2O. The van der Waals surface area contributed by atoms with Crippen molar-refractivity contribution in [2.24, 2.45) is 0 Å². The van der Waals surface area contributed by atoms with E-state index in [-0.39, 0.29) is 5.78 Å². The number of carbonyl (C=O) groups is 1. The summed E-state index contributed by atoms with van der Waals surface area (Å²) in [7, 11) is 0. The van der Waals surface area contributed by atoms with Gasteiger partial charge in [0.15, 0.2) is 5.78 Å². The van der Waals surface area contributed by atoms with Gasteiger partial charge in [0, 0.05) is 48.7 Å². The summed E-state index contributed by atoms with van der Waals surface area (Å²) in [6, 6.07) is 17.2. The van der Waals surface area contributed by atoms with Crippen molar-refractivity contribution in [2.75, 3.05) is 36.0 Å². The van der Waals surface area contributed by atoms with Crippen molar-refractivity contribution in [1.29, 1.82) is 0 Å². The molecule has 3 nitrogen and oxygen atoms in total. The Morgan fingerprint density at radius 3 is 0.625 bits per heavy atom. The molecule has 0 aromatic heterocycles. The van der Waals surface area contributed by atoms with E-state index in [1.807, 2.05) is 0 Å². The fourth-order valence-corrected chi connectivity index (χ4v) is 9.71. The van der Waals surface area contributed by atoms with Gasteiger partial charge in [-0.25, -0.2) is 0 Å². The Balaban J connectivity index is 1.86. The molecule has 0 fully saturated rings. The molecule has 2 aromatic carbocycles. The summed E-state index contributed by atoms with van der Waals surface area (Å²) in [4.78, 5) is 19.0. The van der Waals surface area contributed by atoms with Crippen LogP contribution < -0.4 is 9.80 Å². The number of unbranched alkanes of at least 4 members (excludes halogenated alkanes) is 36. The van der Waals surface area contributed by atoms with E-state index in [2.05, 4.69) is 86.0 Å². The molecular weight excluding hydrogens is 777 g/mol. The van der Waals surface area contributed by atoms with Crippen molar-refractivity contribution in [3.8, 4) is 0 Å². The molecule has 0 unspecified atom stereocenters. The van der Waals surface area contributed by atoms with Gasteiger partial charge in [0.05, 0.1) is 0 Å². The molecule has 368 valence electrons. The van der Waals surface area contributed by atoms with Gasteiger partial charge in [-0.15, -0.1) is 0 Å². The molecule has 0 heterocycles. The molecule has 0 N–H and O–H groups in total. The Morgan fingerprint density at radius 1 is 0.266 bits per heavy atom. The van der Waals surface area contributed by atoms with Crippen LogP contribution in [0.25, 0.3) is 0 Å². The first-order valence-corrected chi connectivity index (χ1v) is 28.9. The zero-order valence-electron chi connectivity index (χ0n) is 43.5. The molecule has 0 aliphatic carbocycles. The molecule has 64 heavy (non-hydrogen) atoms. The Morgan fingerprint density at radius 2 is 0.438 bits per heavy atom. The first-order valence-electron chi connectivity index (χ1n) is 28.9. The third-order valence-electron chi connectivity index (χ3n) is 14.1. The molecule has 0 aliphatic heterocycles. The van der Waals surface area contributed by atoms with Crippen molar-refractivity contribution in [3.63, 3.8) is 0 Å². The number of benzene rings is 2. The fourth-order valence-electron chi connectivity index (χ4n) is 9.71. The van der Waals surface area contributed by atoms with Crippen molar-refractivity contribution in [2.45, 2.75) is 285 Å². The van der Waals surface area contributed by atoms with Crippen LogP contribution in [0.5, 0.6) is 0 Å². The van der Waals surface area contributed by atoms with Gasteiger partial charge in [-0.3, -0.25) is 4.79 Å². The van der Waals surface area contributed by atoms with E-state index >= 15 is 0 Å². The number of hydrogen-bond acceptors (Lipinski definition) is 3. The predicted molar refractivity (Wildman–Crippen MR) is 288 cm³/mol. The Bertz CT molecular complexity index is 1170.